The Morgan fingerprint density at radius 3 is 2.32 bits per heavy atom. The smallest absolute Gasteiger partial charge is 0.261 e. The number of anilines is 4. The van der Waals surface area contributed by atoms with Gasteiger partial charge in [0.15, 0.2) is 0 Å². The Morgan fingerprint density at radius 1 is 0.968 bits per heavy atom. The van der Waals surface area contributed by atoms with Crippen molar-refractivity contribution < 1.29 is 18.0 Å². The van der Waals surface area contributed by atoms with Crippen LogP contribution in [0.15, 0.2) is 76.1 Å². The van der Waals surface area contributed by atoms with Gasteiger partial charge in [-0.15, -0.1) is 0 Å². The molecule has 0 saturated carbocycles. The van der Waals surface area contributed by atoms with Crippen molar-refractivity contribution in [2.75, 3.05) is 14.9 Å². The van der Waals surface area contributed by atoms with E-state index in [0.717, 1.165) is 10.0 Å². The molecule has 158 valence electrons. The Labute approximate surface area is 188 Å². The first-order valence-electron chi connectivity index (χ1n) is 9.36. The normalized spacial score (nSPS) is 13.9. The standard InChI is InChI=1S/C22H18BrN3O4S/c1-14-18(23)11-12-19-22(14)24-20(27)13-21(28)26(19)16-9-7-15(8-10-16)25-31(29,30)17-5-3-2-4-6-17/h2-12,25H,13H2,1H3,(H,24,27). The van der Waals surface area contributed by atoms with E-state index >= 15 is 0 Å². The van der Waals surface area contributed by atoms with Crippen molar-refractivity contribution in [2.24, 2.45) is 0 Å². The molecule has 9 heteroatoms. The number of hydrogen-bond donors (Lipinski definition) is 2. The van der Waals surface area contributed by atoms with Crippen LogP contribution in [-0.4, -0.2) is 20.2 Å². The average Bonchev–Trinajstić information content (AvgIpc) is 2.87. The zero-order valence-corrected chi connectivity index (χ0v) is 18.8. The molecule has 1 aliphatic heterocycles. The number of benzene rings is 3. The maximum atomic E-state index is 12.8. The predicted molar refractivity (Wildman–Crippen MR) is 123 cm³/mol. The lowest BCUT2D eigenvalue weighted by molar-refractivity contribution is -0.124. The molecule has 0 spiro atoms. The van der Waals surface area contributed by atoms with Crippen LogP contribution in [0.3, 0.4) is 0 Å². The molecule has 3 aromatic rings. The highest BCUT2D eigenvalue weighted by molar-refractivity contribution is 9.10. The van der Waals surface area contributed by atoms with E-state index in [4.69, 9.17) is 0 Å². The number of amides is 2. The van der Waals surface area contributed by atoms with Crippen LogP contribution < -0.4 is 14.9 Å². The van der Waals surface area contributed by atoms with Crippen molar-refractivity contribution in [3.63, 3.8) is 0 Å². The van der Waals surface area contributed by atoms with E-state index in [0.29, 0.717) is 22.7 Å². The quantitative estimate of drug-likeness (QED) is 0.514. The van der Waals surface area contributed by atoms with Crippen molar-refractivity contribution in [3.8, 4) is 0 Å². The lowest BCUT2D eigenvalue weighted by atomic mass is 10.1. The molecule has 0 aliphatic carbocycles. The number of nitrogens with one attached hydrogen (secondary N) is 2. The molecule has 1 heterocycles. The van der Waals surface area contributed by atoms with Gasteiger partial charge < -0.3 is 5.32 Å². The van der Waals surface area contributed by atoms with Gasteiger partial charge in [-0.2, -0.15) is 0 Å². The molecule has 0 saturated heterocycles. The van der Waals surface area contributed by atoms with Crippen LogP contribution in [-0.2, 0) is 19.6 Å². The van der Waals surface area contributed by atoms with Crippen molar-refractivity contribution in [3.05, 3.63) is 76.8 Å². The highest BCUT2D eigenvalue weighted by Crippen LogP contribution is 2.40. The lowest BCUT2D eigenvalue weighted by Crippen LogP contribution is -2.26. The number of carbonyl (C=O) groups excluding carboxylic acids is 2. The third kappa shape index (κ3) is 4.19. The van der Waals surface area contributed by atoms with E-state index in [9.17, 15) is 18.0 Å². The fraction of sp³-hybridized carbons (Fsp3) is 0.0909. The largest absolute Gasteiger partial charge is 0.324 e. The van der Waals surface area contributed by atoms with E-state index in [-0.39, 0.29) is 23.1 Å². The van der Waals surface area contributed by atoms with Crippen molar-refractivity contribution >= 4 is 60.5 Å². The minimum Gasteiger partial charge on any atom is -0.324 e. The molecule has 0 bridgehead atoms. The zero-order chi connectivity index (χ0) is 22.2. The summed E-state index contributed by atoms with van der Waals surface area (Å²) in [6.07, 6.45) is -0.297. The summed E-state index contributed by atoms with van der Waals surface area (Å²) < 4.78 is 28.4. The molecule has 0 aromatic heterocycles. The maximum absolute atomic E-state index is 12.8. The first-order valence-corrected chi connectivity index (χ1v) is 11.6. The molecule has 4 rings (SSSR count). The molecule has 0 fully saturated rings. The number of carbonyl (C=O) groups is 2. The summed E-state index contributed by atoms with van der Waals surface area (Å²) in [7, 11) is -3.72. The molecule has 0 atom stereocenters. The van der Waals surface area contributed by atoms with Gasteiger partial charge in [-0.1, -0.05) is 34.1 Å². The predicted octanol–water partition coefficient (Wildman–Crippen LogP) is 4.57. The maximum Gasteiger partial charge on any atom is 0.261 e. The highest BCUT2D eigenvalue weighted by atomic mass is 79.9. The van der Waals surface area contributed by atoms with Crippen LogP contribution in [0.25, 0.3) is 0 Å². The Morgan fingerprint density at radius 2 is 1.65 bits per heavy atom. The molecular formula is C22H18BrN3O4S. The lowest BCUT2D eigenvalue weighted by Gasteiger charge is -2.24. The molecule has 31 heavy (non-hydrogen) atoms. The summed E-state index contributed by atoms with van der Waals surface area (Å²) in [6.45, 7) is 1.85. The Hall–Kier alpha value is -3.17. The van der Waals surface area contributed by atoms with Gasteiger partial charge >= 0.3 is 0 Å². The van der Waals surface area contributed by atoms with E-state index in [1.165, 1.54) is 17.0 Å². The van der Waals surface area contributed by atoms with Gasteiger partial charge in [0.1, 0.15) is 6.42 Å². The summed E-state index contributed by atoms with van der Waals surface area (Å²) >= 11 is 3.45. The number of rotatable bonds is 4. The van der Waals surface area contributed by atoms with Gasteiger partial charge in [0.25, 0.3) is 10.0 Å². The second-order valence-electron chi connectivity index (χ2n) is 6.99. The number of fused-ring (bicyclic) bond motifs is 1. The zero-order valence-electron chi connectivity index (χ0n) is 16.4. The third-order valence-corrected chi connectivity index (χ3v) is 7.13. The van der Waals surface area contributed by atoms with Crippen LogP contribution in [0.1, 0.15) is 12.0 Å². The van der Waals surface area contributed by atoms with Gasteiger partial charge in [-0.3, -0.25) is 19.2 Å². The minimum atomic E-state index is -3.72. The SMILES string of the molecule is Cc1c(Br)ccc2c1NC(=O)CC(=O)N2c1ccc(NS(=O)(=O)c2ccccc2)cc1. The molecule has 0 unspecified atom stereocenters. The van der Waals surface area contributed by atoms with Crippen LogP contribution in [0.5, 0.6) is 0 Å². The van der Waals surface area contributed by atoms with Crippen LogP contribution >= 0.6 is 15.9 Å². The van der Waals surface area contributed by atoms with Crippen LogP contribution in [0.2, 0.25) is 0 Å². The third-order valence-electron chi connectivity index (χ3n) is 4.87. The van der Waals surface area contributed by atoms with E-state index in [1.807, 2.05) is 13.0 Å². The van der Waals surface area contributed by atoms with Gasteiger partial charge in [-0.25, -0.2) is 8.42 Å². The van der Waals surface area contributed by atoms with Crippen LogP contribution in [0.4, 0.5) is 22.7 Å². The Bertz CT molecular complexity index is 1280. The molecule has 2 amide bonds. The average molecular weight is 500 g/mol. The first kappa shape index (κ1) is 21.1. The molecule has 3 aromatic carbocycles. The molecular weight excluding hydrogens is 482 g/mol. The summed E-state index contributed by atoms with van der Waals surface area (Å²) in [4.78, 5) is 26.6. The number of halogens is 1. The molecule has 1 aliphatic rings. The fourth-order valence-corrected chi connectivity index (χ4v) is 4.74. The second kappa shape index (κ2) is 8.16. The number of sulfonamides is 1. The van der Waals surface area contributed by atoms with Gasteiger partial charge in [0, 0.05) is 15.8 Å². The topological polar surface area (TPSA) is 95.6 Å². The second-order valence-corrected chi connectivity index (χ2v) is 9.52. The Kier molecular flexibility index (Phi) is 5.55. The molecule has 2 N–H and O–H groups in total. The number of hydrogen-bond acceptors (Lipinski definition) is 4. The van der Waals surface area contributed by atoms with E-state index < -0.39 is 10.0 Å². The summed E-state index contributed by atoms with van der Waals surface area (Å²) in [6, 6.07) is 18.0. The van der Waals surface area contributed by atoms with Gasteiger partial charge in [-0.05, 0) is 61.0 Å². The van der Waals surface area contributed by atoms with Gasteiger partial charge in [0.05, 0.1) is 16.3 Å². The van der Waals surface area contributed by atoms with E-state index in [1.54, 1.807) is 48.5 Å². The first-order chi connectivity index (χ1) is 14.8. The fourth-order valence-electron chi connectivity index (χ4n) is 3.33. The highest BCUT2D eigenvalue weighted by Gasteiger charge is 2.29. The molecule has 7 nitrogen and oxygen atoms in total. The van der Waals surface area contributed by atoms with E-state index in [2.05, 4.69) is 26.0 Å². The van der Waals surface area contributed by atoms with Gasteiger partial charge in [0.2, 0.25) is 11.8 Å². The monoisotopic (exact) mass is 499 g/mol. The summed E-state index contributed by atoms with van der Waals surface area (Å²) in [5.74, 6) is -0.766. The Balaban J connectivity index is 1.68. The summed E-state index contributed by atoms with van der Waals surface area (Å²) in [5.41, 5.74) is 2.79. The summed E-state index contributed by atoms with van der Waals surface area (Å²) in [5, 5.41) is 2.80. The van der Waals surface area contributed by atoms with Crippen molar-refractivity contribution in [1.29, 1.82) is 0 Å². The van der Waals surface area contributed by atoms with Crippen molar-refractivity contribution in [1.82, 2.24) is 0 Å². The number of nitrogens with zero attached hydrogens (tertiary/aromatic N) is 1. The van der Waals surface area contributed by atoms with Crippen LogP contribution in [0, 0.1) is 6.92 Å². The molecule has 0 radical (unpaired) electrons. The minimum absolute atomic E-state index is 0.154. The van der Waals surface area contributed by atoms with Crippen molar-refractivity contribution in [2.45, 2.75) is 18.2 Å².